The van der Waals surface area contributed by atoms with Gasteiger partial charge in [-0.1, -0.05) is 66.7 Å². The van der Waals surface area contributed by atoms with Crippen LogP contribution >= 0.6 is 0 Å². The quantitative estimate of drug-likeness (QED) is 0.0207. The molecular formula is C103H115F4N9O15. The molecule has 5 aliphatic carbocycles. The summed E-state index contributed by atoms with van der Waals surface area (Å²) in [5, 5.41) is 67.2. The summed E-state index contributed by atoms with van der Waals surface area (Å²) in [6.07, 6.45) is 13.9. The zero-order chi connectivity index (χ0) is 91.3. The van der Waals surface area contributed by atoms with Crippen molar-refractivity contribution in [3.8, 4) is 57.5 Å². The Bertz CT molecular complexity index is 5290. The summed E-state index contributed by atoms with van der Waals surface area (Å²) in [4.78, 5) is 64.2. The molecule has 7 unspecified atom stereocenters. The molecule has 17 atom stereocenters. The number of phenolic OH excluding ortho intramolecular Hbond substituents is 1. The first-order valence-corrected chi connectivity index (χ1v) is 45.7. The van der Waals surface area contributed by atoms with Crippen molar-refractivity contribution in [2.75, 3.05) is 98.2 Å². The highest BCUT2D eigenvalue weighted by molar-refractivity contribution is 5.97. The second-order valence-corrected chi connectivity index (χ2v) is 37.3. The van der Waals surface area contributed by atoms with Crippen molar-refractivity contribution in [3.05, 3.63) is 276 Å². The number of pyridine rings is 4. The Morgan fingerprint density at radius 1 is 0.321 bits per heavy atom. The monoisotopic (exact) mass is 1790 g/mol. The molecule has 9 heterocycles. The molecule has 5 saturated carbocycles. The number of aliphatic hydroxyl groups is 2. The first-order valence-electron chi connectivity index (χ1n) is 45.7. The van der Waals surface area contributed by atoms with Gasteiger partial charge in [0.25, 0.3) is 0 Å². The Hall–Kier alpha value is -11.6. The van der Waals surface area contributed by atoms with E-state index in [1.54, 1.807) is 109 Å². The largest absolute Gasteiger partial charge is 0.508 e. The third kappa shape index (κ3) is 24.8. The number of carbonyl (C=O) groups is 3. The highest BCUT2D eigenvalue weighted by Gasteiger charge is 2.48. The van der Waals surface area contributed by atoms with Crippen LogP contribution in [0.4, 0.5) is 17.6 Å². The van der Waals surface area contributed by atoms with Gasteiger partial charge in [0, 0.05) is 78.5 Å². The Morgan fingerprint density at radius 3 is 0.947 bits per heavy atom. The third-order valence-corrected chi connectivity index (χ3v) is 27.4. The molecule has 10 fully saturated rings. The highest BCUT2D eigenvalue weighted by atomic mass is 19.1. The number of carbonyl (C=O) groups excluding carboxylic acids is 3. The number of nitrogens with zero attached hydrogens (tertiary/aromatic N) is 9. The van der Waals surface area contributed by atoms with Crippen LogP contribution in [0.1, 0.15) is 130 Å². The van der Waals surface area contributed by atoms with Gasteiger partial charge in [-0.25, -0.2) is 32.5 Å². The van der Waals surface area contributed by atoms with Gasteiger partial charge in [-0.2, -0.15) is 0 Å². The fourth-order valence-corrected chi connectivity index (χ4v) is 21.3. The normalized spacial score (nSPS) is 25.7. The van der Waals surface area contributed by atoms with E-state index in [0.717, 1.165) is 147 Å². The van der Waals surface area contributed by atoms with E-state index >= 15 is 0 Å². The van der Waals surface area contributed by atoms with Crippen molar-refractivity contribution >= 4 is 17.3 Å². The summed E-state index contributed by atoms with van der Waals surface area (Å²) in [5.74, 6) is 6.71. The molecule has 10 aromatic rings. The van der Waals surface area contributed by atoms with Crippen molar-refractivity contribution in [1.82, 2.24) is 44.4 Å². The number of phenols is 1. The number of halogens is 4. The summed E-state index contributed by atoms with van der Waals surface area (Å²) in [6, 6.07) is 52.0. The number of aromatic nitrogens is 4. The lowest BCUT2D eigenvalue weighted by molar-refractivity contribution is 0.0923. The number of hydrogen-bond donors (Lipinski definition) is 7. The second-order valence-electron chi connectivity index (χ2n) is 37.3. The fraction of sp³-hybridized carbons (Fsp3) is 0.427. The van der Waals surface area contributed by atoms with Crippen LogP contribution in [0.25, 0.3) is 0 Å². The van der Waals surface area contributed by atoms with Crippen LogP contribution in [0.5, 0.6) is 57.5 Å². The van der Waals surface area contributed by atoms with Crippen molar-refractivity contribution in [2.24, 2.45) is 59.2 Å². The van der Waals surface area contributed by atoms with Crippen LogP contribution < -0.4 is 23.7 Å². The van der Waals surface area contributed by atoms with Gasteiger partial charge in [0.2, 0.25) is 0 Å². The Labute approximate surface area is 760 Å². The molecule has 0 bridgehead atoms. The molecule has 20 rings (SSSR count). The number of ketones is 3. The molecule has 28 heteroatoms. The SMILES string of the molecule is Cc1ccc(OC2C[C@@H]3CN(CC(=O)c4ccc(O)cn4)C[C@@H]3C2)c(F)c1.Cc1cccc(OC2C[C@@H]3CN(CC(=O)c4ccc(O)cn4)C[C@@H]3C2)c1.O=C(CN1C[C@H]2CC(Oc3ccccc3F)C[C@H]2C1)c1ccc(O)cn1.Oc1ccc(C(O)CN2C[C@H]3CC(Oc4ccccc4F)C[C@H]3C2)cc1.Oc1ccc(C(O)CN2C[C@H]3CC(Oc4ccccc4F)C[C@H]3C2)nc1. The van der Waals surface area contributed by atoms with Crippen molar-refractivity contribution < 1.29 is 91.4 Å². The molecule has 7 N–H and O–H groups in total. The summed E-state index contributed by atoms with van der Waals surface area (Å²) in [5.41, 5.74) is 4.66. The van der Waals surface area contributed by atoms with Gasteiger partial charge in [-0.3, -0.25) is 43.9 Å². The lowest BCUT2D eigenvalue weighted by Gasteiger charge is -2.22. The van der Waals surface area contributed by atoms with Gasteiger partial charge in [-0.15, -0.1) is 0 Å². The maximum absolute atomic E-state index is 14.0. The van der Waals surface area contributed by atoms with Gasteiger partial charge < -0.3 is 59.4 Å². The maximum Gasteiger partial charge on any atom is 0.195 e. The van der Waals surface area contributed by atoms with E-state index in [-0.39, 0.29) is 99.9 Å². The number of likely N-dealkylation sites (tertiary alicyclic amines) is 5. The average Bonchev–Trinajstić information content (AvgIpc) is 1.67. The standard InChI is InChI=1S/C21H23FN2O3.C21H24FNO3.C21H24N2O3.C20H23FN2O3.C20H21FN2O3/c1-13-2-5-21(18(22)6-13)27-17-7-14-10-24(11-15(14)8-17)12-20(26)19-4-3-16(25)9-23-19;22-19-3-1-2-4-21(19)26-18-9-15-11-23(12-16(15)10-18)13-20(25)14-5-7-17(24)8-6-14;1-14-3-2-4-18(7-14)26-19-8-15-11-23(12-16(15)9-19)13-21(25)20-6-5-17(24)10-22-20;2*21-17-3-1-2-4-20(17)26-16-7-13-10-23(11-14(13)8-16)12-19(25)18-6-5-15(24)9-22-18/h2-6,9,14-15,17,25H,7-8,10-12H2,1H3;1-8,15-16,18,20,24-25H,9-13H2;2-7,10,15-16,19,24H,8-9,11-13H2,1H3;1-6,9,13-14,16,19,24-25H,7-8,10-12H2;1-6,9,13-14,16,24H,7-8,10-12H2/t14-,15+,17?;15-,16+,18?,20?;15-,16+,19?;13-,14+,16?,19?;13-,14+,16?. The van der Waals surface area contributed by atoms with Crippen LogP contribution in [0.2, 0.25) is 0 Å². The summed E-state index contributed by atoms with van der Waals surface area (Å²) in [7, 11) is 0. The van der Waals surface area contributed by atoms with E-state index < -0.39 is 12.2 Å². The second kappa shape index (κ2) is 42.7. The third-order valence-electron chi connectivity index (χ3n) is 27.4. The average molecular weight is 1800 g/mol. The van der Waals surface area contributed by atoms with Gasteiger partial charge in [0.1, 0.15) is 57.7 Å². The smallest absolute Gasteiger partial charge is 0.195 e. The molecule has 0 radical (unpaired) electrons. The summed E-state index contributed by atoms with van der Waals surface area (Å²) < 4.78 is 84.9. The number of aromatic hydroxyl groups is 5. The topological polar surface area (TPSA) is 307 Å². The minimum Gasteiger partial charge on any atom is -0.508 e. The fourth-order valence-electron chi connectivity index (χ4n) is 21.3. The van der Waals surface area contributed by atoms with Crippen LogP contribution in [-0.4, -0.2) is 226 Å². The lowest BCUT2D eigenvalue weighted by Crippen LogP contribution is -2.30. The molecule has 4 aromatic heterocycles. The zero-order valence-corrected chi connectivity index (χ0v) is 73.6. The molecule has 6 aromatic carbocycles. The number of ether oxygens (including phenoxy) is 5. The molecule has 690 valence electrons. The molecule has 0 spiro atoms. The predicted molar refractivity (Wildman–Crippen MR) is 481 cm³/mol. The minimum absolute atomic E-state index is 0.0116. The van der Waals surface area contributed by atoms with Crippen LogP contribution in [-0.2, 0) is 0 Å². The van der Waals surface area contributed by atoms with Crippen LogP contribution in [0, 0.1) is 96.3 Å². The van der Waals surface area contributed by atoms with E-state index in [2.05, 4.69) is 63.5 Å². The first kappa shape index (κ1) is 92.6. The lowest BCUT2D eigenvalue weighted by atomic mass is 10.0. The first-order chi connectivity index (χ1) is 63.3. The molecule has 24 nitrogen and oxygen atoms in total. The number of fused-ring (bicyclic) bond motifs is 5. The number of aliphatic hydroxyl groups excluding tert-OH is 2. The number of benzene rings is 6. The van der Waals surface area contributed by atoms with E-state index in [0.29, 0.717) is 138 Å². The van der Waals surface area contributed by atoms with Crippen molar-refractivity contribution in [2.45, 2.75) is 121 Å². The van der Waals surface area contributed by atoms with E-state index in [4.69, 9.17) is 23.7 Å². The summed E-state index contributed by atoms with van der Waals surface area (Å²) in [6.45, 7) is 15.1. The van der Waals surface area contributed by atoms with Gasteiger partial charge >= 0.3 is 0 Å². The van der Waals surface area contributed by atoms with Crippen LogP contribution in [0.3, 0.4) is 0 Å². The number of para-hydroxylation sites is 3. The highest BCUT2D eigenvalue weighted by Crippen LogP contribution is 2.46. The number of aryl methyl sites for hydroxylation is 2. The molecule has 5 aliphatic heterocycles. The number of rotatable bonds is 25. The summed E-state index contributed by atoms with van der Waals surface area (Å²) >= 11 is 0. The van der Waals surface area contributed by atoms with Gasteiger partial charge in [0.05, 0.1) is 86.7 Å². The molecule has 10 aliphatic rings. The molecule has 131 heavy (non-hydrogen) atoms. The Morgan fingerprint density at radius 2 is 0.626 bits per heavy atom. The van der Waals surface area contributed by atoms with Gasteiger partial charge in [0.15, 0.2) is 63.6 Å². The van der Waals surface area contributed by atoms with Crippen LogP contribution in [0.15, 0.2) is 213 Å². The van der Waals surface area contributed by atoms with Crippen molar-refractivity contribution in [3.63, 3.8) is 0 Å². The molecule has 0 amide bonds. The van der Waals surface area contributed by atoms with E-state index in [9.17, 15) is 67.7 Å². The van der Waals surface area contributed by atoms with E-state index in [1.165, 1.54) is 78.9 Å². The number of β-amino-alcohol motifs (C(OH)–C–C–N with tert-alkyl or cyclic N) is 2. The Kier molecular flexibility index (Phi) is 30.2. The van der Waals surface area contributed by atoms with Gasteiger partial charge in [-0.05, 0) is 275 Å². The zero-order valence-electron chi connectivity index (χ0n) is 73.6. The number of hydrogen-bond acceptors (Lipinski definition) is 24. The molecule has 5 saturated heterocycles. The predicted octanol–water partition coefficient (Wildman–Crippen LogP) is 15.3. The number of Topliss-reactive ketones (excluding diaryl/α,β-unsaturated/α-hetero) is 3. The maximum atomic E-state index is 14.0. The van der Waals surface area contributed by atoms with Crippen molar-refractivity contribution in [1.29, 1.82) is 0 Å². The molecular weight excluding hydrogens is 1680 g/mol. The minimum atomic E-state index is -0.667. The van der Waals surface area contributed by atoms with E-state index in [1.807, 2.05) is 25.1 Å². The Balaban J connectivity index is 0.000000120.